The molecule has 1 saturated heterocycles. The summed E-state index contributed by atoms with van der Waals surface area (Å²) in [5, 5.41) is 3.01. The van der Waals surface area contributed by atoms with Gasteiger partial charge in [0.25, 0.3) is 5.91 Å². The van der Waals surface area contributed by atoms with Crippen LogP contribution in [0.2, 0.25) is 0 Å². The minimum atomic E-state index is -0.922. The molecule has 1 saturated carbocycles. The Bertz CT molecular complexity index is 1430. The molecule has 3 unspecified atom stereocenters. The van der Waals surface area contributed by atoms with Gasteiger partial charge in [-0.3, -0.25) is 9.78 Å². The normalized spacial score (nSPS) is 18.5. The highest BCUT2D eigenvalue weighted by Crippen LogP contribution is 2.51. The van der Waals surface area contributed by atoms with Crippen LogP contribution in [0.3, 0.4) is 0 Å². The molecule has 42 heavy (non-hydrogen) atoms. The van der Waals surface area contributed by atoms with Gasteiger partial charge in [0.05, 0.1) is 17.4 Å². The van der Waals surface area contributed by atoms with E-state index in [-0.39, 0.29) is 12.0 Å². The summed E-state index contributed by atoms with van der Waals surface area (Å²) in [5.41, 5.74) is 6.36. The van der Waals surface area contributed by atoms with Crippen LogP contribution >= 0.6 is 0 Å². The maximum Gasteiger partial charge on any atom is 0.340 e. The fourth-order valence-electron chi connectivity index (χ4n) is 5.95. The lowest BCUT2D eigenvalue weighted by Crippen LogP contribution is -2.33. The number of hydrogen-bond acceptors (Lipinski definition) is 6. The van der Waals surface area contributed by atoms with Crippen molar-refractivity contribution in [2.24, 2.45) is 11.8 Å². The van der Waals surface area contributed by atoms with Crippen molar-refractivity contribution >= 4 is 17.6 Å². The quantitative estimate of drug-likeness (QED) is 0.294. The van der Waals surface area contributed by atoms with E-state index in [2.05, 4.69) is 10.2 Å². The van der Waals surface area contributed by atoms with E-state index < -0.39 is 17.7 Å². The number of ether oxygens (including phenoxy) is 2. The monoisotopic (exact) mass is 569 g/mol. The van der Waals surface area contributed by atoms with Crippen molar-refractivity contribution in [1.82, 2.24) is 10.3 Å². The van der Waals surface area contributed by atoms with Crippen LogP contribution in [0.4, 0.5) is 5.69 Å². The van der Waals surface area contributed by atoms with Crippen molar-refractivity contribution < 1.29 is 19.1 Å². The molecule has 7 heteroatoms. The van der Waals surface area contributed by atoms with Crippen LogP contribution < -0.4 is 10.2 Å². The molecule has 222 valence electrons. The van der Waals surface area contributed by atoms with Gasteiger partial charge in [0, 0.05) is 47.7 Å². The number of hydrogen-bond donors (Lipinski definition) is 1. The Morgan fingerprint density at radius 2 is 1.62 bits per heavy atom. The first kappa shape index (κ1) is 29.8. The molecule has 7 nitrogen and oxygen atoms in total. The summed E-state index contributed by atoms with van der Waals surface area (Å²) in [5.74, 6) is 0.829. The van der Waals surface area contributed by atoms with E-state index >= 15 is 0 Å². The van der Waals surface area contributed by atoms with E-state index in [1.54, 1.807) is 0 Å². The third-order valence-electron chi connectivity index (χ3n) is 7.91. The van der Waals surface area contributed by atoms with Gasteiger partial charge < -0.3 is 19.7 Å². The van der Waals surface area contributed by atoms with Crippen LogP contribution in [0.25, 0.3) is 11.1 Å². The first-order valence-electron chi connectivity index (χ1n) is 15.0. The highest BCUT2D eigenvalue weighted by atomic mass is 16.6. The van der Waals surface area contributed by atoms with Crippen LogP contribution in [-0.2, 0) is 20.8 Å². The second-order valence-corrected chi connectivity index (χ2v) is 12.9. The molecule has 1 aromatic heterocycles. The topological polar surface area (TPSA) is 80.8 Å². The van der Waals surface area contributed by atoms with Crippen LogP contribution in [0.5, 0.6) is 0 Å². The Hall–Kier alpha value is -3.71. The van der Waals surface area contributed by atoms with E-state index in [4.69, 9.17) is 14.5 Å². The zero-order valence-electron chi connectivity index (χ0n) is 25.9. The standard InChI is InChI=1S/C35H43N3O4/c1-21(2)41-34(40)32(42-35(5,6)7)30-23(4)37-22(3)29(31(30)38-19-27-17-28(27)20-38)25-13-15-26(16-14-25)33(39)36-18-24-11-9-8-10-12-24/h8-16,21,27-28,32H,17-20H2,1-7H3,(H,36,39). The Balaban J connectivity index is 1.55. The Labute approximate surface area is 249 Å². The molecular formula is C35H43N3O4. The smallest absolute Gasteiger partial charge is 0.340 e. The molecule has 2 fully saturated rings. The predicted molar refractivity (Wildman–Crippen MR) is 165 cm³/mol. The molecule has 1 N–H and O–H groups in total. The Morgan fingerprint density at radius 1 is 0.976 bits per heavy atom. The zero-order valence-corrected chi connectivity index (χ0v) is 25.9. The molecule has 0 bridgehead atoms. The van der Waals surface area contributed by atoms with Crippen molar-refractivity contribution in [3.05, 3.63) is 82.7 Å². The number of benzene rings is 2. The first-order chi connectivity index (χ1) is 19.9. The number of pyridine rings is 1. The molecule has 3 atom stereocenters. The van der Waals surface area contributed by atoms with Gasteiger partial charge in [-0.1, -0.05) is 42.5 Å². The number of fused-ring (bicyclic) bond motifs is 1. The van der Waals surface area contributed by atoms with Crippen LogP contribution in [0.15, 0.2) is 54.6 Å². The zero-order chi connectivity index (χ0) is 30.2. The number of carbonyl (C=O) groups is 2. The van der Waals surface area contributed by atoms with E-state index in [1.165, 1.54) is 6.42 Å². The third-order valence-corrected chi connectivity index (χ3v) is 7.91. The van der Waals surface area contributed by atoms with E-state index in [1.807, 2.05) is 103 Å². The fourth-order valence-corrected chi connectivity index (χ4v) is 5.95. The highest BCUT2D eigenvalue weighted by Gasteiger charge is 2.47. The van der Waals surface area contributed by atoms with E-state index in [0.717, 1.165) is 52.4 Å². The molecule has 3 aromatic rings. The number of carbonyl (C=O) groups excluding carboxylic acids is 2. The van der Waals surface area contributed by atoms with Gasteiger partial charge in [-0.15, -0.1) is 0 Å². The summed E-state index contributed by atoms with van der Waals surface area (Å²) in [4.78, 5) is 33.9. The molecular weight excluding hydrogens is 526 g/mol. The summed E-state index contributed by atoms with van der Waals surface area (Å²) in [6.45, 7) is 15.9. The van der Waals surface area contributed by atoms with Crippen molar-refractivity contribution in [1.29, 1.82) is 0 Å². The number of rotatable bonds is 9. The van der Waals surface area contributed by atoms with Crippen LogP contribution in [0.1, 0.15) is 80.0 Å². The van der Waals surface area contributed by atoms with Gasteiger partial charge >= 0.3 is 5.97 Å². The molecule has 1 aliphatic carbocycles. The van der Waals surface area contributed by atoms with Gasteiger partial charge in [-0.05, 0) is 90.0 Å². The summed E-state index contributed by atoms with van der Waals surface area (Å²) in [7, 11) is 0. The summed E-state index contributed by atoms with van der Waals surface area (Å²) in [6.07, 6.45) is 0.0633. The molecule has 1 aliphatic heterocycles. The molecule has 2 aromatic carbocycles. The maximum atomic E-state index is 13.6. The number of nitrogens with one attached hydrogen (secondary N) is 1. The number of amides is 1. The average molecular weight is 570 g/mol. The van der Waals surface area contributed by atoms with Gasteiger partial charge in [-0.25, -0.2) is 4.79 Å². The SMILES string of the molecule is Cc1nc(C)c(C(OC(C)(C)C)C(=O)OC(C)C)c(N2CC3CC3C2)c1-c1ccc(C(=O)NCc2ccccc2)cc1. The molecule has 2 heterocycles. The largest absolute Gasteiger partial charge is 0.461 e. The second kappa shape index (κ2) is 11.9. The van der Waals surface area contributed by atoms with Gasteiger partial charge in [-0.2, -0.15) is 0 Å². The fraction of sp³-hybridized carbons (Fsp3) is 0.457. The van der Waals surface area contributed by atoms with E-state index in [9.17, 15) is 9.59 Å². The van der Waals surface area contributed by atoms with Crippen molar-refractivity contribution in [3.63, 3.8) is 0 Å². The van der Waals surface area contributed by atoms with Gasteiger partial charge in [0.2, 0.25) is 0 Å². The molecule has 2 aliphatic rings. The average Bonchev–Trinajstić information content (AvgIpc) is 3.54. The molecule has 1 amide bonds. The minimum absolute atomic E-state index is 0.125. The Morgan fingerprint density at radius 3 is 2.21 bits per heavy atom. The molecule has 0 spiro atoms. The maximum absolute atomic E-state index is 13.6. The van der Waals surface area contributed by atoms with Crippen molar-refractivity contribution in [2.75, 3.05) is 18.0 Å². The second-order valence-electron chi connectivity index (χ2n) is 12.9. The summed E-state index contributed by atoms with van der Waals surface area (Å²) < 4.78 is 12.2. The number of nitrogens with zero attached hydrogens (tertiary/aromatic N) is 2. The van der Waals surface area contributed by atoms with Gasteiger partial charge in [0.15, 0.2) is 6.10 Å². The number of piperidine rings is 1. The number of aryl methyl sites for hydroxylation is 2. The molecule has 0 radical (unpaired) electrons. The number of anilines is 1. The number of esters is 1. The summed E-state index contributed by atoms with van der Waals surface area (Å²) >= 11 is 0. The predicted octanol–water partition coefficient (Wildman–Crippen LogP) is 6.56. The first-order valence-corrected chi connectivity index (χ1v) is 15.0. The van der Waals surface area contributed by atoms with Gasteiger partial charge in [0.1, 0.15) is 0 Å². The third kappa shape index (κ3) is 6.67. The van der Waals surface area contributed by atoms with E-state index in [0.29, 0.717) is 23.9 Å². The molecule has 5 rings (SSSR count). The lowest BCUT2D eigenvalue weighted by Gasteiger charge is -2.34. The number of aromatic nitrogens is 1. The Kier molecular flexibility index (Phi) is 8.42. The lowest BCUT2D eigenvalue weighted by molar-refractivity contribution is -0.171. The van der Waals surface area contributed by atoms with Crippen molar-refractivity contribution in [3.8, 4) is 11.1 Å². The lowest BCUT2D eigenvalue weighted by atomic mass is 9.93. The minimum Gasteiger partial charge on any atom is -0.461 e. The van der Waals surface area contributed by atoms with Crippen LogP contribution in [0, 0.1) is 25.7 Å². The van der Waals surface area contributed by atoms with Crippen molar-refractivity contribution in [2.45, 2.75) is 79.2 Å². The van der Waals surface area contributed by atoms with Crippen LogP contribution in [-0.4, -0.2) is 41.7 Å². The summed E-state index contributed by atoms with van der Waals surface area (Å²) in [6, 6.07) is 17.5. The highest BCUT2D eigenvalue weighted by molar-refractivity contribution is 5.95.